The molecule has 126 valence electrons. The van der Waals surface area contributed by atoms with E-state index in [2.05, 4.69) is 0 Å². The molecule has 0 spiro atoms. The highest BCUT2D eigenvalue weighted by Crippen LogP contribution is 2.32. The van der Waals surface area contributed by atoms with Crippen LogP contribution in [0.1, 0.15) is 6.42 Å². The van der Waals surface area contributed by atoms with Crippen molar-refractivity contribution in [3.63, 3.8) is 0 Å². The minimum atomic E-state index is -0.696. The minimum absolute atomic E-state index is 0.161. The number of amides is 3. The number of likely N-dealkylation sites (tertiary alicyclic amines) is 1. The quantitative estimate of drug-likeness (QED) is 0.797. The molecule has 2 saturated heterocycles. The van der Waals surface area contributed by atoms with Crippen LogP contribution in [-0.4, -0.2) is 64.4 Å². The molecule has 3 heterocycles. The molecule has 0 bridgehead atoms. The van der Waals surface area contributed by atoms with Crippen molar-refractivity contribution in [2.75, 3.05) is 25.4 Å². The third-order valence-corrected chi connectivity index (χ3v) is 5.24. The van der Waals surface area contributed by atoms with E-state index in [4.69, 9.17) is 9.47 Å². The molecule has 3 aliphatic heterocycles. The highest BCUT2D eigenvalue weighted by molar-refractivity contribution is 8.14. The van der Waals surface area contributed by atoms with Gasteiger partial charge in [0, 0.05) is 13.1 Å². The largest absolute Gasteiger partial charge is 0.485 e. The predicted molar refractivity (Wildman–Crippen MR) is 86.0 cm³/mol. The topological polar surface area (TPSA) is 76.2 Å². The van der Waals surface area contributed by atoms with E-state index >= 15 is 0 Å². The van der Waals surface area contributed by atoms with Crippen molar-refractivity contribution in [1.29, 1.82) is 0 Å². The Morgan fingerprint density at radius 1 is 1.21 bits per heavy atom. The van der Waals surface area contributed by atoms with Gasteiger partial charge in [0.25, 0.3) is 11.1 Å². The molecule has 0 aromatic heterocycles. The van der Waals surface area contributed by atoms with Gasteiger partial charge in [-0.05, 0) is 18.6 Å². The van der Waals surface area contributed by atoms with Gasteiger partial charge in [-0.2, -0.15) is 0 Å². The van der Waals surface area contributed by atoms with Crippen LogP contribution in [0.2, 0.25) is 0 Å². The fourth-order valence-electron chi connectivity index (χ4n) is 3.21. The molecule has 7 nitrogen and oxygen atoms in total. The van der Waals surface area contributed by atoms with Gasteiger partial charge in [0.05, 0.1) is 11.8 Å². The summed E-state index contributed by atoms with van der Waals surface area (Å²) in [5, 5.41) is -0.217. The molecule has 8 heteroatoms. The zero-order valence-electron chi connectivity index (χ0n) is 12.8. The Labute approximate surface area is 142 Å². The van der Waals surface area contributed by atoms with Crippen LogP contribution in [0.25, 0.3) is 0 Å². The first-order chi connectivity index (χ1) is 11.6. The van der Waals surface area contributed by atoms with Gasteiger partial charge < -0.3 is 14.4 Å². The fraction of sp³-hybridized carbons (Fsp3) is 0.438. The van der Waals surface area contributed by atoms with E-state index in [0.29, 0.717) is 31.0 Å². The second-order valence-corrected chi connectivity index (χ2v) is 6.84. The number of hydrogen-bond acceptors (Lipinski definition) is 6. The number of carbonyl (C=O) groups excluding carboxylic acids is 3. The van der Waals surface area contributed by atoms with Gasteiger partial charge in [0.1, 0.15) is 6.61 Å². The SMILES string of the molecule is O=C(C1COc2ccccc2O1)N1CCC(N2C(=O)CSC2=O)C1. The first-order valence-corrected chi connectivity index (χ1v) is 8.78. The maximum atomic E-state index is 12.7. The lowest BCUT2D eigenvalue weighted by Gasteiger charge is -2.29. The fourth-order valence-corrected chi connectivity index (χ4v) is 3.99. The summed E-state index contributed by atoms with van der Waals surface area (Å²) < 4.78 is 11.3. The number of ether oxygens (including phenoxy) is 2. The molecular formula is C16H16N2O5S. The number of rotatable bonds is 2. The molecule has 4 rings (SSSR count). The monoisotopic (exact) mass is 348 g/mol. The zero-order valence-corrected chi connectivity index (χ0v) is 13.7. The van der Waals surface area contributed by atoms with E-state index in [1.54, 1.807) is 17.0 Å². The first-order valence-electron chi connectivity index (χ1n) is 7.79. The first kappa shape index (κ1) is 15.3. The summed E-state index contributed by atoms with van der Waals surface area (Å²) in [4.78, 5) is 39.2. The summed E-state index contributed by atoms with van der Waals surface area (Å²) in [6, 6.07) is 6.99. The Morgan fingerprint density at radius 2 is 2.00 bits per heavy atom. The van der Waals surface area contributed by atoms with Crippen molar-refractivity contribution in [2.45, 2.75) is 18.6 Å². The summed E-state index contributed by atoms with van der Waals surface area (Å²) in [7, 11) is 0. The Kier molecular flexibility index (Phi) is 3.84. The average molecular weight is 348 g/mol. The van der Waals surface area contributed by atoms with Crippen LogP contribution >= 0.6 is 11.8 Å². The van der Waals surface area contributed by atoms with Gasteiger partial charge >= 0.3 is 0 Å². The lowest BCUT2D eigenvalue weighted by molar-refractivity contribution is -0.140. The van der Waals surface area contributed by atoms with Gasteiger partial charge in [-0.3, -0.25) is 19.3 Å². The highest BCUT2D eigenvalue weighted by Gasteiger charge is 2.42. The van der Waals surface area contributed by atoms with Crippen LogP contribution in [0.15, 0.2) is 24.3 Å². The average Bonchev–Trinajstić information content (AvgIpc) is 3.20. The summed E-state index contributed by atoms with van der Waals surface area (Å²) >= 11 is 1.02. The second-order valence-electron chi connectivity index (χ2n) is 5.91. The van der Waals surface area contributed by atoms with Crippen molar-refractivity contribution >= 4 is 28.8 Å². The van der Waals surface area contributed by atoms with E-state index in [1.807, 2.05) is 12.1 Å². The lowest BCUT2D eigenvalue weighted by Crippen LogP contribution is -2.47. The third-order valence-electron chi connectivity index (χ3n) is 4.41. The molecule has 2 unspecified atom stereocenters. The Hall–Kier alpha value is -2.22. The van der Waals surface area contributed by atoms with Gasteiger partial charge in [0.2, 0.25) is 12.0 Å². The molecular weight excluding hydrogens is 332 g/mol. The predicted octanol–water partition coefficient (Wildman–Crippen LogP) is 1.12. The number of thioether (sulfide) groups is 1. The number of nitrogens with zero attached hydrogens (tertiary/aromatic N) is 2. The minimum Gasteiger partial charge on any atom is -0.485 e. The van der Waals surface area contributed by atoms with Crippen LogP contribution in [-0.2, 0) is 9.59 Å². The zero-order chi connectivity index (χ0) is 16.7. The van der Waals surface area contributed by atoms with Crippen LogP contribution < -0.4 is 9.47 Å². The molecule has 0 saturated carbocycles. The molecule has 0 radical (unpaired) electrons. The number of benzene rings is 1. The highest BCUT2D eigenvalue weighted by atomic mass is 32.2. The van der Waals surface area contributed by atoms with Crippen molar-refractivity contribution in [1.82, 2.24) is 9.80 Å². The van der Waals surface area contributed by atoms with Crippen LogP contribution in [0.4, 0.5) is 4.79 Å². The van der Waals surface area contributed by atoms with Crippen LogP contribution in [0.3, 0.4) is 0 Å². The number of imide groups is 1. The van der Waals surface area contributed by atoms with Crippen molar-refractivity contribution in [2.24, 2.45) is 0 Å². The number of hydrogen-bond donors (Lipinski definition) is 0. The summed E-state index contributed by atoms with van der Waals surface area (Å²) in [6.07, 6.45) is -0.0912. The lowest BCUT2D eigenvalue weighted by atomic mass is 10.2. The molecule has 3 aliphatic rings. The number of fused-ring (bicyclic) bond motifs is 1. The van der Waals surface area contributed by atoms with E-state index in [9.17, 15) is 14.4 Å². The maximum Gasteiger partial charge on any atom is 0.289 e. The second kappa shape index (κ2) is 6.01. The molecule has 1 aromatic rings. The van der Waals surface area contributed by atoms with Crippen LogP contribution in [0, 0.1) is 0 Å². The molecule has 24 heavy (non-hydrogen) atoms. The van der Waals surface area contributed by atoms with Gasteiger partial charge in [-0.1, -0.05) is 23.9 Å². The Balaban J connectivity index is 1.41. The summed E-state index contributed by atoms with van der Waals surface area (Å²) in [5.74, 6) is 1.04. The third kappa shape index (κ3) is 2.60. The molecule has 2 fully saturated rings. The number of para-hydroxylation sites is 2. The van der Waals surface area contributed by atoms with Gasteiger partial charge in [0.15, 0.2) is 11.5 Å². The van der Waals surface area contributed by atoms with Crippen molar-refractivity contribution in [3.05, 3.63) is 24.3 Å². The van der Waals surface area contributed by atoms with Gasteiger partial charge in [-0.15, -0.1) is 0 Å². The smallest absolute Gasteiger partial charge is 0.289 e. The van der Waals surface area contributed by atoms with E-state index < -0.39 is 6.10 Å². The molecule has 2 atom stereocenters. The Bertz CT molecular complexity index is 693. The van der Waals surface area contributed by atoms with Crippen LogP contribution in [0.5, 0.6) is 11.5 Å². The maximum absolute atomic E-state index is 12.7. The standard InChI is InChI=1S/C16H16N2O5S/c19-14-9-24-16(21)18(14)10-5-6-17(7-10)15(20)13-8-22-11-3-1-2-4-12(11)23-13/h1-4,10,13H,5-9H2. The molecule has 0 aliphatic carbocycles. The normalized spacial score (nSPS) is 26.2. The summed E-state index contributed by atoms with van der Waals surface area (Å²) in [5.41, 5.74) is 0. The molecule has 1 aromatic carbocycles. The number of carbonyl (C=O) groups is 3. The van der Waals surface area contributed by atoms with Crippen molar-refractivity contribution < 1.29 is 23.9 Å². The molecule has 0 N–H and O–H groups in total. The van der Waals surface area contributed by atoms with Crippen molar-refractivity contribution in [3.8, 4) is 11.5 Å². The summed E-state index contributed by atoms with van der Waals surface area (Å²) in [6.45, 7) is 1.03. The van der Waals surface area contributed by atoms with E-state index in [-0.39, 0.29) is 35.5 Å². The van der Waals surface area contributed by atoms with E-state index in [0.717, 1.165) is 11.8 Å². The Morgan fingerprint density at radius 3 is 2.75 bits per heavy atom. The molecule has 3 amide bonds. The van der Waals surface area contributed by atoms with Gasteiger partial charge in [-0.25, -0.2) is 0 Å². The van der Waals surface area contributed by atoms with E-state index in [1.165, 1.54) is 4.90 Å².